The SMILES string of the molecule is Cc1cc(Br)cc(C)c1NC(=O)C(CN)CC(C)C. The van der Waals surface area contributed by atoms with E-state index in [0.717, 1.165) is 27.7 Å². The van der Waals surface area contributed by atoms with Crippen LogP contribution in [0.15, 0.2) is 16.6 Å². The summed E-state index contributed by atoms with van der Waals surface area (Å²) >= 11 is 3.46. The van der Waals surface area contributed by atoms with E-state index in [1.165, 1.54) is 0 Å². The molecule has 0 fully saturated rings. The van der Waals surface area contributed by atoms with E-state index in [-0.39, 0.29) is 11.8 Å². The Balaban J connectivity index is 2.87. The summed E-state index contributed by atoms with van der Waals surface area (Å²) in [5.74, 6) is 0.360. The number of carbonyl (C=O) groups excluding carboxylic acids is 1. The molecule has 1 aromatic carbocycles. The zero-order valence-electron chi connectivity index (χ0n) is 12.1. The fourth-order valence-corrected chi connectivity index (χ4v) is 2.90. The van der Waals surface area contributed by atoms with Crippen molar-refractivity contribution in [2.45, 2.75) is 34.1 Å². The van der Waals surface area contributed by atoms with Gasteiger partial charge in [-0.15, -0.1) is 0 Å². The highest BCUT2D eigenvalue weighted by molar-refractivity contribution is 9.10. The molecule has 0 saturated carbocycles. The summed E-state index contributed by atoms with van der Waals surface area (Å²) in [6, 6.07) is 4.00. The minimum atomic E-state index is -0.123. The Hall–Kier alpha value is -0.870. The highest BCUT2D eigenvalue weighted by Crippen LogP contribution is 2.26. The Labute approximate surface area is 124 Å². The highest BCUT2D eigenvalue weighted by Gasteiger charge is 2.19. The van der Waals surface area contributed by atoms with Gasteiger partial charge in [-0.1, -0.05) is 29.8 Å². The Kier molecular flexibility index (Phi) is 6.01. The number of carbonyl (C=O) groups is 1. The monoisotopic (exact) mass is 326 g/mol. The lowest BCUT2D eigenvalue weighted by atomic mass is 9.96. The van der Waals surface area contributed by atoms with Gasteiger partial charge in [0.25, 0.3) is 0 Å². The van der Waals surface area contributed by atoms with Gasteiger partial charge in [-0.3, -0.25) is 4.79 Å². The molecule has 0 aliphatic carbocycles. The molecule has 3 N–H and O–H groups in total. The van der Waals surface area contributed by atoms with Crippen molar-refractivity contribution in [3.63, 3.8) is 0 Å². The van der Waals surface area contributed by atoms with E-state index < -0.39 is 0 Å². The topological polar surface area (TPSA) is 55.1 Å². The number of rotatable bonds is 5. The first kappa shape index (κ1) is 16.2. The number of anilines is 1. The average molecular weight is 327 g/mol. The summed E-state index contributed by atoms with van der Waals surface area (Å²) in [4.78, 5) is 12.3. The molecular formula is C15H23BrN2O. The number of hydrogen-bond acceptors (Lipinski definition) is 2. The maximum atomic E-state index is 12.3. The van der Waals surface area contributed by atoms with Crippen LogP contribution in [-0.2, 0) is 4.79 Å². The van der Waals surface area contributed by atoms with Crippen molar-refractivity contribution in [1.29, 1.82) is 0 Å². The zero-order chi connectivity index (χ0) is 14.6. The molecule has 0 bridgehead atoms. The maximum absolute atomic E-state index is 12.3. The molecule has 0 aliphatic rings. The summed E-state index contributed by atoms with van der Waals surface area (Å²) in [6.45, 7) is 8.58. The van der Waals surface area contributed by atoms with E-state index in [0.29, 0.717) is 12.5 Å². The van der Waals surface area contributed by atoms with Crippen LogP contribution in [0, 0.1) is 25.7 Å². The Morgan fingerprint density at radius 2 is 1.84 bits per heavy atom. The van der Waals surface area contributed by atoms with Crippen LogP contribution >= 0.6 is 15.9 Å². The third-order valence-corrected chi connectivity index (χ3v) is 3.61. The summed E-state index contributed by atoms with van der Waals surface area (Å²) in [6.07, 6.45) is 0.816. The van der Waals surface area contributed by atoms with Gasteiger partial charge in [0.2, 0.25) is 5.91 Å². The molecule has 0 spiro atoms. The summed E-state index contributed by atoms with van der Waals surface area (Å²) in [7, 11) is 0. The molecular weight excluding hydrogens is 304 g/mol. The van der Waals surface area contributed by atoms with E-state index >= 15 is 0 Å². The molecule has 0 radical (unpaired) electrons. The molecule has 0 heterocycles. The molecule has 0 saturated heterocycles. The molecule has 1 amide bonds. The van der Waals surface area contributed by atoms with E-state index in [2.05, 4.69) is 35.1 Å². The van der Waals surface area contributed by atoms with Crippen molar-refractivity contribution >= 4 is 27.5 Å². The lowest BCUT2D eigenvalue weighted by Gasteiger charge is -2.19. The van der Waals surface area contributed by atoms with Gasteiger partial charge >= 0.3 is 0 Å². The third kappa shape index (κ3) is 4.62. The quantitative estimate of drug-likeness (QED) is 0.868. The smallest absolute Gasteiger partial charge is 0.228 e. The number of benzene rings is 1. The van der Waals surface area contributed by atoms with Crippen molar-refractivity contribution in [2.75, 3.05) is 11.9 Å². The Bertz CT molecular complexity index is 434. The van der Waals surface area contributed by atoms with Crippen molar-refractivity contribution in [3.05, 3.63) is 27.7 Å². The number of aryl methyl sites for hydroxylation is 2. The second-order valence-corrected chi connectivity index (χ2v) is 6.38. The van der Waals surface area contributed by atoms with Gasteiger partial charge in [0, 0.05) is 16.7 Å². The number of amides is 1. The largest absolute Gasteiger partial charge is 0.330 e. The molecule has 1 aromatic rings. The van der Waals surface area contributed by atoms with Gasteiger partial charge in [-0.05, 0) is 49.4 Å². The third-order valence-electron chi connectivity index (χ3n) is 3.16. The van der Waals surface area contributed by atoms with E-state index in [1.807, 2.05) is 26.0 Å². The van der Waals surface area contributed by atoms with Crippen LogP contribution in [0.25, 0.3) is 0 Å². The van der Waals surface area contributed by atoms with Gasteiger partial charge in [-0.2, -0.15) is 0 Å². The first-order valence-corrected chi connectivity index (χ1v) is 7.42. The van der Waals surface area contributed by atoms with Crippen LogP contribution in [-0.4, -0.2) is 12.5 Å². The van der Waals surface area contributed by atoms with Crippen LogP contribution in [0.1, 0.15) is 31.4 Å². The average Bonchev–Trinajstić information content (AvgIpc) is 2.30. The van der Waals surface area contributed by atoms with Gasteiger partial charge in [-0.25, -0.2) is 0 Å². The standard InChI is InChI=1S/C15H23BrN2O/c1-9(2)5-12(8-17)15(19)18-14-10(3)6-13(16)7-11(14)4/h6-7,9,12H,5,8,17H2,1-4H3,(H,18,19). The van der Waals surface area contributed by atoms with Crippen LogP contribution in [0.4, 0.5) is 5.69 Å². The number of nitrogens with one attached hydrogen (secondary N) is 1. The Morgan fingerprint density at radius 3 is 2.26 bits per heavy atom. The lowest BCUT2D eigenvalue weighted by molar-refractivity contribution is -0.120. The first-order valence-electron chi connectivity index (χ1n) is 6.62. The van der Waals surface area contributed by atoms with Gasteiger partial charge in [0.05, 0.1) is 5.92 Å². The summed E-state index contributed by atoms with van der Waals surface area (Å²) < 4.78 is 1.03. The Morgan fingerprint density at radius 1 is 1.32 bits per heavy atom. The van der Waals surface area contributed by atoms with Crippen molar-refractivity contribution in [3.8, 4) is 0 Å². The molecule has 0 aromatic heterocycles. The predicted octanol–water partition coefficient (Wildman–Crippen LogP) is 3.63. The molecule has 1 atom stereocenters. The highest BCUT2D eigenvalue weighted by atomic mass is 79.9. The zero-order valence-corrected chi connectivity index (χ0v) is 13.7. The molecule has 4 heteroatoms. The molecule has 1 unspecified atom stereocenters. The fraction of sp³-hybridized carbons (Fsp3) is 0.533. The molecule has 1 rings (SSSR count). The normalized spacial score (nSPS) is 12.6. The van der Waals surface area contributed by atoms with E-state index in [4.69, 9.17) is 5.73 Å². The number of hydrogen-bond donors (Lipinski definition) is 2. The van der Waals surface area contributed by atoms with Crippen LogP contribution in [0.3, 0.4) is 0 Å². The van der Waals surface area contributed by atoms with Crippen LogP contribution in [0.5, 0.6) is 0 Å². The minimum Gasteiger partial charge on any atom is -0.330 e. The van der Waals surface area contributed by atoms with Crippen molar-refractivity contribution in [2.24, 2.45) is 17.6 Å². The molecule has 19 heavy (non-hydrogen) atoms. The number of halogens is 1. The second kappa shape index (κ2) is 7.06. The lowest BCUT2D eigenvalue weighted by Crippen LogP contribution is -2.30. The molecule has 106 valence electrons. The van der Waals surface area contributed by atoms with Gasteiger partial charge in [0.15, 0.2) is 0 Å². The van der Waals surface area contributed by atoms with Crippen molar-refractivity contribution < 1.29 is 4.79 Å². The summed E-state index contributed by atoms with van der Waals surface area (Å²) in [5, 5.41) is 3.02. The number of nitrogens with two attached hydrogens (primary N) is 1. The minimum absolute atomic E-state index is 0.0183. The maximum Gasteiger partial charge on any atom is 0.228 e. The second-order valence-electron chi connectivity index (χ2n) is 5.47. The van der Waals surface area contributed by atoms with Crippen molar-refractivity contribution in [1.82, 2.24) is 0 Å². The van der Waals surface area contributed by atoms with E-state index in [9.17, 15) is 4.79 Å². The predicted molar refractivity (Wildman–Crippen MR) is 84.2 cm³/mol. The van der Waals surface area contributed by atoms with Gasteiger partial charge in [0.1, 0.15) is 0 Å². The fourth-order valence-electron chi connectivity index (χ4n) is 2.21. The van der Waals surface area contributed by atoms with Crippen LogP contribution < -0.4 is 11.1 Å². The molecule has 3 nitrogen and oxygen atoms in total. The van der Waals surface area contributed by atoms with Crippen LogP contribution in [0.2, 0.25) is 0 Å². The van der Waals surface area contributed by atoms with E-state index in [1.54, 1.807) is 0 Å². The molecule has 0 aliphatic heterocycles. The van der Waals surface area contributed by atoms with Gasteiger partial charge < -0.3 is 11.1 Å². The first-order chi connectivity index (χ1) is 8.85. The summed E-state index contributed by atoms with van der Waals surface area (Å²) in [5.41, 5.74) is 8.72.